The van der Waals surface area contributed by atoms with Crippen LogP contribution in [0.2, 0.25) is 0 Å². The molecule has 2 fully saturated rings. The van der Waals surface area contributed by atoms with E-state index < -0.39 is 0 Å². The topological polar surface area (TPSA) is 70.7 Å². The van der Waals surface area contributed by atoms with Crippen LogP contribution in [-0.4, -0.2) is 61.1 Å². The van der Waals surface area contributed by atoms with Gasteiger partial charge in [0.2, 0.25) is 5.91 Å². The Labute approximate surface area is 146 Å². The van der Waals surface area contributed by atoms with Gasteiger partial charge in [0, 0.05) is 25.4 Å². The third kappa shape index (κ3) is 3.84. The predicted molar refractivity (Wildman–Crippen MR) is 94.3 cm³/mol. The van der Waals surface area contributed by atoms with Crippen LogP contribution in [-0.2, 0) is 4.79 Å². The van der Waals surface area contributed by atoms with Gasteiger partial charge in [-0.3, -0.25) is 9.59 Å². The van der Waals surface area contributed by atoms with Crippen LogP contribution >= 0.6 is 11.8 Å². The summed E-state index contributed by atoms with van der Waals surface area (Å²) in [5.74, 6) is 2.71. The van der Waals surface area contributed by atoms with Gasteiger partial charge < -0.3 is 20.3 Å². The van der Waals surface area contributed by atoms with Crippen molar-refractivity contribution >= 4 is 23.6 Å². The van der Waals surface area contributed by atoms with Crippen molar-refractivity contribution in [3.05, 3.63) is 29.8 Å². The molecular weight excluding hydrogens is 326 g/mol. The molecule has 2 aliphatic heterocycles. The van der Waals surface area contributed by atoms with Gasteiger partial charge in [0.1, 0.15) is 5.75 Å². The molecule has 2 N–H and O–H groups in total. The van der Waals surface area contributed by atoms with Crippen molar-refractivity contribution in [1.29, 1.82) is 0 Å². The Kier molecular flexibility index (Phi) is 5.63. The van der Waals surface area contributed by atoms with Crippen LogP contribution in [0.4, 0.5) is 0 Å². The number of rotatable bonds is 5. The van der Waals surface area contributed by atoms with E-state index in [4.69, 9.17) is 4.74 Å². The summed E-state index contributed by atoms with van der Waals surface area (Å²) < 4.78 is 5.22. The molecule has 1 aromatic carbocycles. The first kappa shape index (κ1) is 17.1. The monoisotopic (exact) mass is 349 g/mol. The maximum atomic E-state index is 12.4. The summed E-state index contributed by atoms with van der Waals surface area (Å²) in [6.45, 7) is 2.16. The van der Waals surface area contributed by atoms with Crippen LogP contribution < -0.4 is 15.4 Å². The summed E-state index contributed by atoms with van der Waals surface area (Å²) in [5.41, 5.74) is 0.535. The zero-order valence-electron chi connectivity index (χ0n) is 13.8. The lowest BCUT2D eigenvalue weighted by molar-refractivity contribution is -0.131. The molecule has 24 heavy (non-hydrogen) atoms. The first-order valence-electron chi connectivity index (χ1n) is 8.20. The fraction of sp³-hybridized carbons (Fsp3) is 0.529. The van der Waals surface area contributed by atoms with E-state index in [0.29, 0.717) is 17.9 Å². The molecule has 0 unspecified atom stereocenters. The largest absolute Gasteiger partial charge is 0.496 e. The Bertz CT molecular complexity index is 604. The van der Waals surface area contributed by atoms with Gasteiger partial charge in [-0.15, -0.1) is 11.8 Å². The number of carbonyl (C=O) groups excluding carboxylic acids is 2. The molecule has 2 saturated heterocycles. The zero-order valence-corrected chi connectivity index (χ0v) is 14.6. The standard InChI is InChI=1S/C17H23N3O3S/c1-23-15-5-3-2-4-13(15)16(21)19-10-12-8-14(18-9-12)17(22)20-6-7-24-11-20/h2-5,12,14,18H,6-11H2,1H3,(H,19,21)/t12-,14-/m0/s1. The molecule has 2 atom stereocenters. The van der Waals surface area contributed by atoms with Crippen molar-refractivity contribution in [2.24, 2.45) is 5.92 Å². The Morgan fingerprint density at radius 2 is 2.25 bits per heavy atom. The summed E-state index contributed by atoms with van der Waals surface area (Å²) in [4.78, 5) is 26.6. The summed E-state index contributed by atoms with van der Waals surface area (Å²) >= 11 is 1.79. The smallest absolute Gasteiger partial charge is 0.255 e. The van der Waals surface area contributed by atoms with E-state index in [1.165, 1.54) is 0 Å². The minimum atomic E-state index is -0.141. The van der Waals surface area contributed by atoms with Gasteiger partial charge in [-0.2, -0.15) is 0 Å². The van der Waals surface area contributed by atoms with Crippen molar-refractivity contribution < 1.29 is 14.3 Å². The predicted octanol–water partition coefficient (Wildman–Crippen LogP) is 0.936. The first-order valence-corrected chi connectivity index (χ1v) is 9.35. The SMILES string of the molecule is COc1ccccc1C(=O)NC[C@@H]1CN[C@H](C(=O)N2CCSC2)C1. The number of ether oxygens (including phenoxy) is 1. The highest BCUT2D eigenvalue weighted by Crippen LogP contribution is 2.21. The fourth-order valence-electron chi connectivity index (χ4n) is 3.13. The van der Waals surface area contributed by atoms with Gasteiger partial charge in [0.15, 0.2) is 0 Å². The average molecular weight is 349 g/mol. The highest BCUT2D eigenvalue weighted by atomic mass is 32.2. The summed E-state index contributed by atoms with van der Waals surface area (Å²) in [6.07, 6.45) is 0.770. The average Bonchev–Trinajstić information content (AvgIpc) is 3.30. The Morgan fingerprint density at radius 3 is 3.00 bits per heavy atom. The van der Waals surface area contributed by atoms with E-state index in [1.807, 2.05) is 17.0 Å². The lowest BCUT2D eigenvalue weighted by Crippen LogP contribution is -2.42. The number of methoxy groups -OCH3 is 1. The molecule has 2 heterocycles. The van der Waals surface area contributed by atoms with Crippen LogP contribution in [0.15, 0.2) is 24.3 Å². The second kappa shape index (κ2) is 7.90. The number of thioether (sulfide) groups is 1. The highest BCUT2D eigenvalue weighted by Gasteiger charge is 2.33. The highest BCUT2D eigenvalue weighted by molar-refractivity contribution is 7.99. The van der Waals surface area contributed by atoms with Crippen LogP contribution in [0.1, 0.15) is 16.8 Å². The van der Waals surface area contributed by atoms with Gasteiger partial charge in [-0.05, 0) is 24.5 Å². The van der Waals surface area contributed by atoms with E-state index in [-0.39, 0.29) is 23.8 Å². The first-order chi connectivity index (χ1) is 11.7. The van der Waals surface area contributed by atoms with Crippen LogP contribution in [0.25, 0.3) is 0 Å². The van der Waals surface area contributed by atoms with Crippen LogP contribution in [0.3, 0.4) is 0 Å². The molecule has 1 aromatic rings. The normalized spacial score (nSPS) is 23.3. The quantitative estimate of drug-likeness (QED) is 0.828. The lowest BCUT2D eigenvalue weighted by Gasteiger charge is -2.19. The number of benzene rings is 1. The van der Waals surface area contributed by atoms with Gasteiger partial charge >= 0.3 is 0 Å². The van der Waals surface area contributed by atoms with E-state index in [1.54, 1.807) is 31.0 Å². The minimum Gasteiger partial charge on any atom is -0.496 e. The van der Waals surface area contributed by atoms with Gasteiger partial charge in [0.05, 0.1) is 24.6 Å². The summed E-state index contributed by atoms with van der Waals surface area (Å²) in [7, 11) is 1.56. The van der Waals surface area contributed by atoms with Crippen molar-refractivity contribution in [3.8, 4) is 5.75 Å². The molecule has 3 rings (SSSR count). The molecule has 0 bridgehead atoms. The van der Waals surface area contributed by atoms with E-state index in [0.717, 1.165) is 31.1 Å². The molecule has 0 saturated carbocycles. The number of para-hydroxylation sites is 1. The number of hydrogen-bond acceptors (Lipinski definition) is 5. The number of nitrogens with zero attached hydrogens (tertiary/aromatic N) is 1. The molecule has 0 aromatic heterocycles. The third-order valence-electron chi connectivity index (χ3n) is 4.49. The number of hydrogen-bond donors (Lipinski definition) is 2. The van der Waals surface area contributed by atoms with Crippen molar-refractivity contribution in [2.45, 2.75) is 12.5 Å². The summed E-state index contributed by atoms with van der Waals surface area (Å²) in [5, 5.41) is 6.25. The molecule has 130 valence electrons. The van der Waals surface area contributed by atoms with Crippen molar-refractivity contribution in [2.75, 3.05) is 38.4 Å². The number of nitrogens with one attached hydrogen (secondary N) is 2. The molecular formula is C17H23N3O3S. The van der Waals surface area contributed by atoms with E-state index >= 15 is 0 Å². The number of carbonyl (C=O) groups is 2. The van der Waals surface area contributed by atoms with E-state index in [9.17, 15) is 9.59 Å². The van der Waals surface area contributed by atoms with Crippen LogP contribution in [0, 0.1) is 5.92 Å². The maximum Gasteiger partial charge on any atom is 0.255 e. The zero-order chi connectivity index (χ0) is 16.9. The molecule has 7 heteroatoms. The maximum absolute atomic E-state index is 12.4. The molecule has 2 aliphatic rings. The minimum absolute atomic E-state index is 0.114. The fourth-order valence-corrected chi connectivity index (χ4v) is 4.08. The molecule has 0 aliphatic carbocycles. The molecule has 6 nitrogen and oxygen atoms in total. The molecule has 2 amide bonds. The second-order valence-corrected chi connectivity index (χ2v) is 7.19. The van der Waals surface area contributed by atoms with Crippen LogP contribution in [0.5, 0.6) is 5.75 Å². The van der Waals surface area contributed by atoms with Gasteiger partial charge in [-0.1, -0.05) is 12.1 Å². The lowest BCUT2D eigenvalue weighted by atomic mass is 10.0. The number of amides is 2. The molecule has 0 spiro atoms. The van der Waals surface area contributed by atoms with Crippen molar-refractivity contribution in [1.82, 2.24) is 15.5 Å². The Balaban J connectivity index is 1.49. The third-order valence-corrected chi connectivity index (χ3v) is 5.45. The van der Waals surface area contributed by atoms with Gasteiger partial charge in [-0.25, -0.2) is 0 Å². The Hall–Kier alpha value is -1.73. The summed E-state index contributed by atoms with van der Waals surface area (Å²) in [6, 6.07) is 7.06. The van der Waals surface area contributed by atoms with Crippen molar-refractivity contribution in [3.63, 3.8) is 0 Å². The molecule has 0 radical (unpaired) electrons. The Morgan fingerprint density at radius 1 is 1.42 bits per heavy atom. The second-order valence-electron chi connectivity index (χ2n) is 6.11. The van der Waals surface area contributed by atoms with E-state index in [2.05, 4.69) is 10.6 Å². The van der Waals surface area contributed by atoms with Gasteiger partial charge in [0.25, 0.3) is 5.91 Å².